The number of hydrogen-bond acceptors (Lipinski definition) is 5. The molecule has 0 fully saturated rings. The zero-order valence-corrected chi connectivity index (χ0v) is 13.3. The van der Waals surface area contributed by atoms with Gasteiger partial charge in [0.25, 0.3) is 0 Å². The monoisotopic (exact) mass is 301 g/mol. The molecular formula is C13H23N3O3S. The highest BCUT2D eigenvalue weighted by atomic mass is 32.2. The van der Waals surface area contributed by atoms with Crippen LogP contribution in [0, 0.1) is 6.92 Å². The van der Waals surface area contributed by atoms with Crippen molar-refractivity contribution in [2.24, 2.45) is 0 Å². The van der Waals surface area contributed by atoms with Crippen molar-refractivity contribution in [3.05, 3.63) is 17.7 Å². The lowest BCUT2D eigenvalue weighted by molar-refractivity contribution is 0.397. The number of aryl methyl sites for hydroxylation is 1. The molecule has 0 aromatic heterocycles. The number of nitrogens with zero attached hydrogens (tertiary/aromatic N) is 1. The van der Waals surface area contributed by atoms with Gasteiger partial charge >= 0.3 is 0 Å². The molecule has 0 aliphatic heterocycles. The highest BCUT2D eigenvalue weighted by Crippen LogP contribution is 2.28. The summed E-state index contributed by atoms with van der Waals surface area (Å²) < 4.78 is 32.2. The molecule has 0 spiro atoms. The molecule has 0 amide bonds. The summed E-state index contributed by atoms with van der Waals surface area (Å²) in [7, 11) is 1.71. The number of methoxy groups -OCH3 is 1. The minimum atomic E-state index is -3.61. The number of nitrogen functional groups attached to an aromatic ring is 1. The molecule has 1 aromatic carbocycles. The lowest BCUT2D eigenvalue weighted by Crippen LogP contribution is -2.27. The van der Waals surface area contributed by atoms with E-state index in [4.69, 9.17) is 10.5 Å². The van der Waals surface area contributed by atoms with Crippen LogP contribution >= 0.6 is 0 Å². The average molecular weight is 301 g/mol. The van der Waals surface area contributed by atoms with E-state index in [0.29, 0.717) is 18.0 Å². The van der Waals surface area contributed by atoms with Gasteiger partial charge < -0.3 is 15.4 Å². The van der Waals surface area contributed by atoms with Crippen LogP contribution < -0.4 is 15.2 Å². The van der Waals surface area contributed by atoms with Gasteiger partial charge in [-0.05, 0) is 51.7 Å². The maximum atomic E-state index is 12.3. The van der Waals surface area contributed by atoms with Crippen LogP contribution in [0.4, 0.5) is 5.69 Å². The van der Waals surface area contributed by atoms with Crippen molar-refractivity contribution in [1.29, 1.82) is 0 Å². The predicted molar refractivity (Wildman–Crippen MR) is 80.5 cm³/mol. The number of nitrogens with two attached hydrogens (primary N) is 1. The summed E-state index contributed by atoms with van der Waals surface area (Å²) >= 11 is 0. The van der Waals surface area contributed by atoms with Crippen LogP contribution in [0.25, 0.3) is 0 Å². The molecule has 0 unspecified atom stereocenters. The van der Waals surface area contributed by atoms with Gasteiger partial charge in [-0.2, -0.15) is 0 Å². The molecule has 0 aliphatic carbocycles. The van der Waals surface area contributed by atoms with Crippen LogP contribution in [-0.4, -0.2) is 47.6 Å². The molecule has 1 rings (SSSR count). The van der Waals surface area contributed by atoms with Crippen molar-refractivity contribution in [3.63, 3.8) is 0 Å². The van der Waals surface area contributed by atoms with Crippen molar-refractivity contribution in [3.8, 4) is 5.75 Å². The van der Waals surface area contributed by atoms with E-state index in [1.54, 1.807) is 13.0 Å². The molecule has 1 aromatic rings. The lowest BCUT2D eigenvalue weighted by Gasteiger charge is -2.14. The van der Waals surface area contributed by atoms with E-state index in [-0.39, 0.29) is 4.90 Å². The topological polar surface area (TPSA) is 84.7 Å². The molecule has 7 heteroatoms. The SMILES string of the molecule is COc1cc(C)c(N)cc1S(=O)(=O)NCCCN(C)C. The second kappa shape index (κ2) is 6.92. The highest BCUT2D eigenvalue weighted by Gasteiger charge is 2.20. The number of nitrogens with one attached hydrogen (secondary N) is 1. The quantitative estimate of drug-likeness (QED) is 0.575. The van der Waals surface area contributed by atoms with E-state index in [1.165, 1.54) is 13.2 Å². The Labute approximate surface area is 121 Å². The Hall–Kier alpha value is -1.31. The largest absolute Gasteiger partial charge is 0.495 e. The molecule has 0 heterocycles. The lowest BCUT2D eigenvalue weighted by atomic mass is 10.2. The van der Waals surface area contributed by atoms with Gasteiger partial charge in [-0.3, -0.25) is 0 Å². The fraction of sp³-hybridized carbons (Fsp3) is 0.538. The van der Waals surface area contributed by atoms with E-state index in [1.807, 2.05) is 19.0 Å². The van der Waals surface area contributed by atoms with Crippen LogP contribution in [0.5, 0.6) is 5.75 Å². The standard InChI is InChI=1S/C13H23N3O3S/c1-10-8-12(19-4)13(9-11(10)14)20(17,18)15-6-5-7-16(2)3/h8-9,15H,5-7,14H2,1-4H3. The Balaban J connectivity index is 2.89. The normalized spacial score (nSPS) is 11.8. The van der Waals surface area contributed by atoms with Crippen molar-refractivity contribution in [2.75, 3.05) is 40.0 Å². The third-order valence-corrected chi connectivity index (χ3v) is 4.40. The van der Waals surface area contributed by atoms with Gasteiger partial charge in [0.1, 0.15) is 10.6 Å². The van der Waals surface area contributed by atoms with Crippen molar-refractivity contribution in [1.82, 2.24) is 9.62 Å². The van der Waals surface area contributed by atoms with Crippen LogP contribution in [0.15, 0.2) is 17.0 Å². The molecule has 114 valence electrons. The Bertz CT molecular complexity index is 556. The van der Waals surface area contributed by atoms with E-state index in [0.717, 1.165) is 18.5 Å². The fourth-order valence-corrected chi connectivity index (χ4v) is 2.98. The first-order chi connectivity index (χ1) is 9.27. The van der Waals surface area contributed by atoms with E-state index in [2.05, 4.69) is 4.72 Å². The zero-order valence-electron chi connectivity index (χ0n) is 12.4. The van der Waals surface area contributed by atoms with Crippen molar-refractivity contribution < 1.29 is 13.2 Å². The van der Waals surface area contributed by atoms with Gasteiger partial charge in [0, 0.05) is 12.2 Å². The number of sulfonamides is 1. The highest BCUT2D eigenvalue weighted by molar-refractivity contribution is 7.89. The summed E-state index contributed by atoms with van der Waals surface area (Å²) in [5.74, 6) is 0.303. The second-order valence-corrected chi connectivity index (χ2v) is 6.65. The summed E-state index contributed by atoms with van der Waals surface area (Å²) in [6.07, 6.45) is 0.732. The van der Waals surface area contributed by atoms with E-state index < -0.39 is 10.0 Å². The minimum absolute atomic E-state index is 0.0768. The summed E-state index contributed by atoms with van der Waals surface area (Å²) in [5, 5.41) is 0. The summed E-state index contributed by atoms with van der Waals surface area (Å²) in [6.45, 7) is 2.99. The second-order valence-electron chi connectivity index (χ2n) is 4.91. The van der Waals surface area contributed by atoms with Gasteiger partial charge in [-0.25, -0.2) is 13.1 Å². The van der Waals surface area contributed by atoms with Crippen molar-refractivity contribution in [2.45, 2.75) is 18.2 Å². The van der Waals surface area contributed by atoms with Crippen LogP contribution in [0.2, 0.25) is 0 Å². The van der Waals surface area contributed by atoms with Crippen LogP contribution in [-0.2, 0) is 10.0 Å². The summed E-state index contributed by atoms with van der Waals surface area (Å²) in [6, 6.07) is 3.06. The number of ether oxygens (including phenoxy) is 1. The number of benzene rings is 1. The third kappa shape index (κ3) is 4.36. The van der Waals surface area contributed by atoms with Crippen LogP contribution in [0.3, 0.4) is 0 Å². The Morgan fingerprint density at radius 1 is 1.35 bits per heavy atom. The van der Waals surface area contributed by atoms with Gasteiger partial charge in [0.15, 0.2) is 0 Å². The Kier molecular flexibility index (Phi) is 5.79. The first-order valence-electron chi connectivity index (χ1n) is 6.36. The van der Waals surface area contributed by atoms with Gasteiger partial charge in [0.05, 0.1) is 7.11 Å². The molecule has 0 saturated carbocycles. The number of anilines is 1. The number of hydrogen-bond donors (Lipinski definition) is 2. The van der Waals surface area contributed by atoms with Gasteiger partial charge in [0.2, 0.25) is 10.0 Å². The van der Waals surface area contributed by atoms with Gasteiger partial charge in [-0.15, -0.1) is 0 Å². The fourth-order valence-electron chi connectivity index (χ4n) is 1.73. The molecule has 3 N–H and O–H groups in total. The molecular weight excluding hydrogens is 278 g/mol. The first-order valence-corrected chi connectivity index (χ1v) is 7.84. The smallest absolute Gasteiger partial charge is 0.244 e. The number of rotatable bonds is 7. The van der Waals surface area contributed by atoms with Gasteiger partial charge in [-0.1, -0.05) is 0 Å². The molecule has 0 radical (unpaired) electrons. The zero-order chi connectivity index (χ0) is 15.3. The van der Waals surface area contributed by atoms with Crippen molar-refractivity contribution >= 4 is 15.7 Å². The maximum Gasteiger partial charge on any atom is 0.244 e. The van der Waals surface area contributed by atoms with E-state index in [9.17, 15) is 8.42 Å². The summed E-state index contributed by atoms with van der Waals surface area (Å²) in [4.78, 5) is 2.08. The first kappa shape index (κ1) is 16.7. The molecule has 6 nitrogen and oxygen atoms in total. The summed E-state index contributed by atoms with van der Waals surface area (Å²) in [5.41, 5.74) is 7.00. The Morgan fingerprint density at radius 2 is 2.00 bits per heavy atom. The predicted octanol–water partition coefficient (Wildman–Crippen LogP) is 0.816. The Morgan fingerprint density at radius 3 is 2.55 bits per heavy atom. The molecule has 0 atom stereocenters. The average Bonchev–Trinajstić information content (AvgIpc) is 2.37. The third-order valence-electron chi connectivity index (χ3n) is 2.92. The molecule has 0 bridgehead atoms. The molecule has 0 saturated heterocycles. The molecule has 0 aliphatic rings. The van der Waals surface area contributed by atoms with E-state index >= 15 is 0 Å². The van der Waals surface area contributed by atoms with Crippen LogP contribution in [0.1, 0.15) is 12.0 Å². The maximum absolute atomic E-state index is 12.3. The minimum Gasteiger partial charge on any atom is -0.495 e. The molecule has 20 heavy (non-hydrogen) atoms.